The molecule has 172 valence electrons. The number of hydrogen-bond acceptors (Lipinski definition) is 5. The number of ether oxygens (including phenoxy) is 2. The second-order valence-electron chi connectivity index (χ2n) is 8.28. The van der Waals surface area contributed by atoms with Crippen molar-refractivity contribution in [1.29, 1.82) is 0 Å². The van der Waals surface area contributed by atoms with E-state index in [0.29, 0.717) is 62.7 Å². The second kappa shape index (κ2) is 12.3. The van der Waals surface area contributed by atoms with Crippen LogP contribution in [0.25, 0.3) is 0 Å². The minimum atomic E-state index is -0.672. The van der Waals surface area contributed by atoms with E-state index in [4.69, 9.17) is 9.47 Å². The number of amides is 3. The van der Waals surface area contributed by atoms with Crippen LogP contribution in [-0.4, -0.2) is 69.1 Å². The van der Waals surface area contributed by atoms with Crippen molar-refractivity contribution >= 4 is 17.7 Å². The van der Waals surface area contributed by atoms with E-state index in [0.717, 1.165) is 0 Å². The van der Waals surface area contributed by atoms with Crippen LogP contribution in [0.4, 0.5) is 0 Å². The molecule has 0 radical (unpaired) electrons. The summed E-state index contributed by atoms with van der Waals surface area (Å²) in [6.07, 6.45) is 1.85. The number of benzene rings is 1. The SMILES string of the molecule is COCCNC(=O)[C@H](NC(=O)c1ccc(OC)cc1)C1CCN(C(=O)CC(C)C)CC1. The van der Waals surface area contributed by atoms with Crippen LogP contribution in [0.15, 0.2) is 24.3 Å². The second-order valence-corrected chi connectivity index (χ2v) is 8.28. The van der Waals surface area contributed by atoms with E-state index in [1.54, 1.807) is 38.5 Å². The molecule has 0 bridgehead atoms. The number of likely N-dealkylation sites (tertiary alicyclic amines) is 1. The highest BCUT2D eigenvalue weighted by Gasteiger charge is 2.34. The molecule has 0 spiro atoms. The summed E-state index contributed by atoms with van der Waals surface area (Å²) in [6.45, 7) is 6.01. The van der Waals surface area contributed by atoms with E-state index in [-0.39, 0.29) is 23.6 Å². The largest absolute Gasteiger partial charge is 0.497 e. The Hall–Kier alpha value is -2.61. The summed E-state index contributed by atoms with van der Waals surface area (Å²) in [4.78, 5) is 39.9. The number of hydrogen-bond donors (Lipinski definition) is 2. The number of nitrogens with one attached hydrogen (secondary N) is 2. The van der Waals surface area contributed by atoms with Gasteiger partial charge in [0.15, 0.2) is 0 Å². The number of piperidine rings is 1. The zero-order valence-electron chi connectivity index (χ0n) is 19.0. The lowest BCUT2D eigenvalue weighted by Crippen LogP contribution is -2.54. The number of rotatable bonds is 10. The van der Waals surface area contributed by atoms with E-state index in [9.17, 15) is 14.4 Å². The van der Waals surface area contributed by atoms with E-state index in [1.807, 2.05) is 18.7 Å². The van der Waals surface area contributed by atoms with Crippen LogP contribution < -0.4 is 15.4 Å². The van der Waals surface area contributed by atoms with Gasteiger partial charge in [-0.1, -0.05) is 13.8 Å². The van der Waals surface area contributed by atoms with Gasteiger partial charge < -0.3 is 25.0 Å². The van der Waals surface area contributed by atoms with E-state index >= 15 is 0 Å². The summed E-state index contributed by atoms with van der Waals surface area (Å²) < 4.78 is 10.1. The highest BCUT2D eigenvalue weighted by molar-refractivity contribution is 5.97. The Balaban J connectivity index is 2.05. The Morgan fingerprint density at radius 1 is 1.10 bits per heavy atom. The van der Waals surface area contributed by atoms with E-state index in [2.05, 4.69) is 10.6 Å². The summed E-state index contributed by atoms with van der Waals surface area (Å²) >= 11 is 0. The van der Waals surface area contributed by atoms with Crippen LogP contribution in [0.3, 0.4) is 0 Å². The average molecular weight is 434 g/mol. The summed E-state index contributed by atoms with van der Waals surface area (Å²) in [5.41, 5.74) is 0.458. The van der Waals surface area contributed by atoms with Crippen molar-refractivity contribution < 1.29 is 23.9 Å². The van der Waals surface area contributed by atoms with Crippen molar-refractivity contribution in [3.8, 4) is 5.75 Å². The number of nitrogens with zero attached hydrogens (tertiary/aromatic N) is 1. The minimum absolute atomic E-state index is 0.0483. The van der Waals surface area contributed by atoms with Gasteiger partial charge in [-0.25, -0.2) is 0 Å². The standard InChI is InChI=1S/C23H35N3O5/c1-16(2)15-20(27)26-12-9-17(10-13-26)21(23(29)24-11-14-30-3)25-22(28)18-5-7-19(31-4)8-6-18/h5-8,16-17,21H,9-15H2,1-4H3,(H,24,29)(H,25,28)/t21-/m1/s1. The lowest BCUT2D eigenvalue weighted by atomic mass is 9.88. The van der Waals surface area contributed by atoms with Gasteiger partial charge in [0.05, 0.1) is 13.7 Å². The van der Waals surface area contributed by atoms with Gasteiger partial charge in [0, 0.05) is 38.7 Å². The molecule has 0 unspecified atom stereocenters. The molecule has 31 heavy (non-hydrogen) atoms. The molecule has 8 heteroatoms. The van der Waals surface area contributed by atoms with Gasteiger partial charge in [0.25, 0.3) is 5.91 Å². The molecule has 3 amide bonds. The lowest BCUT2D eigenvalue weighted by molar-refractivity contribution is -0.133. The van der Waals surface area contributed by atoms with Gasteiger partial charge in [-0.2, -0.15) is 0 Å². The summed E-state index contributed by atoms with van der Waals surface area (Å²) in [6, 6.07) is 6.08. The minimum Gasteiger partial charge on any atom is -0.497 e. The molecule has 8 nitrogen and oxygen atoms in total. The molecule has 1 saturated heterocycles. The van der Waals surface area contributed by atoms with Crippen molar-refractivity contribution in [3.05, 3.63) is 29.8 Å². The maximum absolute atomic E-state index is 12.9. The summed E-state index contributed by atoms with van der Waals surface area (Å²) in [5, 5.41) is 5.74. The number of carbonyl (C=O) groups is 3. The maximum atomic E-state index is 12.9. The molecule has 1 aliphatic rings. The normalized spacial score (nSPS) is 15.5. The first-order valence-corrected chi connectivity index (χ1v) is 10.8. The van der Waals surface area contributed by atoms with Crippen LogP contribution in [0, 0.1) is 11.8 Å². The fourth-order valence-corrected chi connectivity index (χ4v) is 3.71. The van der Waals surface area contributed by atoms with E-state index in [1.165, 1.54) is 0 Å². The highest BCUT2D eigenvalue weighted by atomic mass is 16.5. The van der Waals surface area contributed by atoms with Crippen molar-refractivity contribution in [1.82, 2.24) is 15.5 Å². The highest BCUT2D eigenvalue weighted by Crippen LogP contribution is 2.23. The van der Waals surface area contributed by atoms with Crippen LogP contribution in [0.2, 0.25) is 0 Å². The number of methoxy groups -OCH3 is 2. The summed E-state index contributed by atoms with van der Waals surface area (Å²) in [5.74, 6) is 0.528. The summed E-state index contributed by atoms with van der Waals surface area (Å²) in [7, 11) is 3.13. The molecule has 1 aromatic carbocycles. The third-order valence-electron chi connectivity index (χ3n) is 5.47. The van der Waals surface area contributed by atoms with Crippen LogP contribution in [-0.2, 0) is 14.3 Å². The average Bonchev–Trinajstić information content (AvgIpc) is 2.77. The predicted octanol–water partition coefficient (Wildman–Crippen LogP) is 1.84. The predicted molar refractivity (Wildman–Crippen MR) is 118 cm³/mol. The molecule has 2 rings (SSSR count). The van der Waals surface area contributed by atoms with Crippen molar-refractivity contribution in [2.75, 3.05) is 40.5 Å². The molecule has 1 aliphatic heterocycles. The molecular weight excluding hydrogens is 398 g/mol. The first kappa shape index (κ1) is 24.7. The van der Waals surface area contributed by atoms with Gasteiger partial charge in [-0.3, -0.25) is 14.4 Å². The van der Waals surface area contributed by atoms with Gasteiger partial charge in [0.2, 0.25) is 11.8 Å². The zero-order chi connectivity index (χ0) is 22.8. The molecule has 2 N–H and O–H groups in total. The molecule has 1 atom stereocenters. The van der Waals surface area contributed by atoms with Crippen LogP contribution >= 0.6 is 0 Å². The Bertz CT molecular complexity index is 727. The van der Waals surface area contributed by atoms with E-state index < -0.39 is 6.04 Å². The van der Waals surface area contributed by atoms with Crippen molar-refractivity contribution in [2.24, 2.45) is 11.8 Å². The molecule has 0 aliphatic carbocycles. The maximum Gasteiger partial charge on any atom is 0.251 e. The fraction of sp³-hybridized carbons (Fsp3) is 0.609. The van der Waals surface area contributed by atoms with Gasteiger partial charge in [-0.15, -0.1) is 0 Å². The monoisotopic (exact) mass is 433 g/mol. The lowest BCUT2D eigenvalue weighted by Gasteiger charge is -2.36. The Morgan fingerprint density at radius 2 is 1.74 bits per heavy atom. The molecular formula is C23H35N3O5. The van der Waals surface area contributed by atoms with Crippen molar-refractivity contribution in [2.45, 2.75) is 39.2 Å². The first-order chi connectivity index (χ1) is 14.8. The van der Waals surface area contributed by atoms with Crippen molar-refractivity contribution in [3.63, 3.8) is 0 Å². The fourth-order valence-electron chi connectivity index (χ4n) is 3.71. The Kier molecular flexibility index (Phi) is 9.78. The quantitative estimate of drug-likeness (QED) is 0.549. The Morgan fingerprint density at radius 3 is 2.29 bits per heavy atom. The molecule has 1 aromatic rings. The zero-order valence-corrected chi connectivity index (χ0v) is 19.0. The first-order valence-electron chi connectivity index (χ1n) is 10.8. The third-order valence-corrected chi connectivity index (χ3v) is 5.47. The third kappa shape index (κ3) is 7.54. The van der Waals surface area contributed by atoms with Gasteiger partial charge in [0.1, 0.15) is 11.8 Å². The molecule has 0 saturated carbocycles. The smallest absolute Gasteiger partial charge is 0.251 e. The van der Waals surface area contributed by atoms with Crippen LogP contribution in [0.1, 0.15) is 43.5 Å². The van der Waals surface area contributed by atoms with Gasteiger partial charge >= 0.3 is 0 Å². The molecule has 0 aromatic heterocycles. The molecule has 1 fully saturated rings. The Labute approximate surface area is 184 Å². The van der Waals surface area contributed by atoms with Gasteiger partial charge in [-0.05, 0) is 48.9 Å². The molecule has 1 heterocycles. The van der Waals surface area contributed by atoms with Crippen LogP contribution in [0.5, 0.6) is 5.75 Å². The topological polar surface area (TPSA) is 97.0 Å². The number of carbonyl (C=O) groups excluding carboxylic acids is 3.